The van der Waals surface area contributed by atoms with E-state index < -0.39 is 48.7 Å². The summed E-state index contributed by atoms with van der Waals surface area (Å²) in [5.74, 6) is -0.462. The average molecular weight is 494 g/mol. The van der Waals surface area contributed by atoms with Crippen molar-refractivity contribution < 1.29 is 49.6 Å². The summed E-state index contributed by atoms with van der Waals surface area (Å²) in [6.45, 7) is -0.615. The van der Waals surface area contributed by atoms with Crippen LogP contribution in [0, 0.1) is 0 Å². The van der Waals surface area contributed by atoms with Crippen molar-refractivity contribution in [2.75, 3.05) is 6.61 Å². The molecule has 186 valence electrons. The number of esters is 1. The molecule has 3 aromatic rings. The van der Waals surface area contributed by atoms with Crippen molar-refractivity contribution in [1.29, 1.82) is 0 Å². The van der Waals surface area contributed by atoms with Crippen LogP contribution >= 0.6 is 0 Å². The first-order valence-corrected chi connectivity index (χ1v) is 11.3. The number of benzene rings is 3. The zero-order chi connectivity index (χ0) is 25.4. The Balaban J connectivity index is 1.59. The summed E-state index contributed by atoms with van der Waals surface area (Å²) in [5, 5.41) is 61.0. The van der Waals surface area contributed by atoms with E-state index in [-0.39, 0.29) is 34.1 Å². The van der Waals surface area contributed by atoms with Crippen molar-refractivity contribution >= 4 is 5.97 Å². The van der Waals surface area contributed by atoms with Crippen molar-refractivity contribution in [2.24, 2.45) is 0 Å². The van der Waals surface area contributed by atoms with Gasteiger partial charge in [0.1, 0.15) is 53.5 Å². The number of rotatable bonds is 2. The molecular weight excluding hydrogens is 472 g/mol. The Bertz CT molecular complexity index is 1330. The third kappa shape index (κ3) is 3.00. The third-order valence-corrected chi connectivity index (χ3v) is 7.03. The lowest BCUT2D eigenvalue weighted by Gasteiger charge is -2.40. The van der Waals surface area contributed by atoms with Crippen LogP contribution in [0.2, 0.25) is 0 Å². The summed E-state index contributed by atoms with van der Waals surface area (Å²) < 4.78 is 17.7. The van der Waals surface area contributed by atoms with Crippen molar-refractivity contribution in [3.8, 4) is 23.0 Å². The minimum atomic E-state index is -1.63. The molecule has 3 aliphatic rings. The van der Waals surface area contributed by atoms with E-state index in [1.807, 2.05) is 0 Å². The zero-order valence-corrected chi connectivity index (χ0v) is 18.6. The fourth-order valence-corrected chi connectivity index (χ4v) is 5.37. The van der Waals surface area contributed by atoms with Gasteiger partial charge in [-0.2, -0.15) is 0 Å². The molecule has 10 nitrogen and oxygen atoms in total. The van der Waals surface area contributed by atoms with Gasteiger partial charge in [-0.05, 0) is 29.8 Å². The number of fused-ring (bicyclic) bond motifs is 6. The number of aliphatic hydroxyl groups is 4. The number of aliphatic hydroxyl groups excluding tert-OH is 4. The third-order valence-electron chi connectivity index (χ3n) is 7.03. The maximum atomic E-state index is 13.5. The van der Waals surface area contributed by atoms with Crippen LogP contribution in [0.25, 0.3) is 0 Å². The average Bonchev–Trinajstić information content (AvgIpc) is 3.15. The Morgan fingerprint density at radius 2 is 1.44 bits per heavy atom. The Morgan fingerprint density at radius 3 is 2.06 bits per heavy atom. The minimum Gasteiger partial charge on any atom is -0.508 e. The van der Waals surface area contributed by atoms with E-state index in [0.717, 1.165) is 0 Å². The van der Waals surface area contributed by atoms with Gasteiger partial charge >= 0.3 is 5.97 Å². The van der Waals surface area contributed by atoms with Gasteiger partial charge in [-0.25, -0.2) is 4.79 Å². The Kier molecular flexibility index (Phi) is 5.01. The first kappa shape index (κ1) is 22.8. The molecule has 3 aliphatic heterocycles. The molecule has 0 saturated carbocycles. The Labute approximate surface area is 204 Å². The highest BCUT2D eigenvalue weighted by Gasteiger charge is 2.55. The summed E-state index contributed by atoms with van der Waals surface area (Å²) in [7, 11) is 0. The summed E-state index contributed by atoms with van der Waals surface area (Å²) in [6, 6.07) is 13.6. The van der Waals surface area contributed by atoms with Crippen LogP contribution in [0.1, 0.15) is 38.7 Å². The van der Waals surface area contributed by atoms with E-state index in [0.29, 0.717) is 16.7 Å². The molecule has 6 N–H and O–H groups in total. The molecule has 1 saturated heterocycles. The van der Waals surface area contributed by atoms with E-state index in [2.05, 4.69) is 0 Å². The zero-order valence-electron chi connectivity index (χ0n) is 18.6. The SMILES string of the molecule is O=C1OC2(c3ccc(O)cc3Oc3cc(O)ccc32)c2cccc([C@@H]3O[C@H](CO)[C@@H](O)[C@H](O)[C@H]3O)c21. The summed E-state index contributed by atoms with van der Waals surface area (Å²) in [5.41, 5.74) is 0.0263. The van der Waals surface area contributed by atoms with Crippen LogP contribution in [0.4, 0.5) is 0 Å². The van der Waals surface area contributed by atoms with Crippen LogP contribution in [0.15, 0.2) is 54.6 Å². The first-order valence-electron chi connectivity index (χ1n) is 11.3. The van der Waals surface area contributed by atoms with Gasteiger partial charge in [0.05, 0.1) is 12.2 Å². The first-order chi connectivity index (χ1) is 17.3. The fourth-order valence-electron chi connectivity index (χ4n) is 5.37. The lowest BCUT2D eigenvalue weighted by molar-refractivity contribution is -0.231. The number of hydrogen-bond acceptors (Lipinski definition) is 10. The van der Waals surface area contributed by atoms with Crippen molar-refractivity contribution in [3.63, 3.8) is 0 Å². The molecule has 3 aromatic carbocycles. The second-order valence-corrected chi connectivity index (χ2v) is 9.05. The predicted octanol–water partition coefficient (Wildman–Crippen LogP) is 1.18. The normalized spacial score (nSPS) is 27.6. The van der Waals surface area contributed by atoms with Gasteiger partial charge in [0, 0.05) is 28.8 Å². The summed E-state index contributed by atoms with van der Waals surface area (Å²) in [4.78, 5) is 13.5. The molecule has 3 heterocycles. The van der Waals surface area contributed by atoms with Crippen molar-refractivity contribution in [2.45, 2.75) is 36.1 Å². The number of carbonyl (C=O) groups is 1. The van der Waals surface area contributed by atoms with Gasteiger partial charge in [-0.3, -0.25) is 0 Å². The van der Waals surface area contributed by atoms with Gasteiger partial charge in [0.2, 0.25) is 0 Å². The van der Waals surface area contributed by atoms with Crippen LogP contribution in [0.5, 0.6) is 23.0 Å². The predicted molar refractivity (Wildman–Crippen MR) is 121 cm³/mol. The number of carbonyl (C=O) groups excluding carboxylic acids is 1. The van der Waals surface area contributed by atoms with Crippen LogP contribution in [-0.2, 0) is 15.1 Å². The van der Waals surface area contributed by atoms with E-state index in [1.165, 1.54) is 24.3 Å². The molecule has 0 unspecified atom stereocenters. The molecule has 0 radical (unpaired) electrons. The maximum absolute atomic E-state index is 13.5. The van der Waals surface area contributed by atoms with Crippen LogP contribution in [-0.4, -0.2) is 67.6 Å². The van der Waals surface area contributed by atoms with Gasteiger partial charge < -0.3 is 44.8 Å². The summed E-state index contributed by atoms with van der Waals surface area (Å²) in [6.07, 6.45) is -7.19. The highest BCUT2D eigenvalue weighted by molar-refractivity contribution is 5.98. The molecule has 0 aromatic heterocycles. The Morgan fingerprint density at radius 1 is 0.806 bits per heavy atom. The number of phenolic OH excluding ortho intramolecular Hbond substituents is 2. The molecule has 5 atom stereocenters. The van der Waals surface area contributed by atoms with Gasteiger partial charge in [0.15, 0.2) is 5.60 Å². The fraction of sp³-hybridized carbons (Fsp3) is 0.269. The number of phenols is 2. The van der Waals surface area contributed by atoms with E-state index in [9.17, 15) is 35.4 Å². The Hall–Kier alpha value is -3.67. The second kappa shape index (κ2) is 7.92. The number of aromatic hydroxyl groups is 2. The largest absolute Gasteiger partial charge is 0.508 e. The van der Waals surface area contributed by atoms with Crippen molar-refractivity contribution in [3.05, 3.63) is 82.4 Å². The molecule has 0 aliphatic carbocycles. The van der Waals surface area contributed by atoms with Gasteiger partial charge in [-0.15, -0.1) is 0 Å². The van der Waals surface area contributed by atoms with Crippen molar-refractivity contribution in [1.82, 2.24) is 0 Å². The quantitative estimate of drug-likeness (QED) is 0.285. The molecule has 6 rings (SSSR count). The van der Waals surface area contributed by atoms with E-state index in [4.69, 9.17) is 14.2 Å². The molecule has 1 fully saturated rings. The summed E-state index contributed by atoms with van der Waals surface area (Å²) >= 11 is 0. The topological polar surface area (TPSA) is 166 Å². The monoisotopic (exact) mass is 494 g/mol. The second-order valence-electron chi connectivity index (χ2n) is 9.05. The van der Waals surface area contributed by atoms with Crippen LogP contribution < -0.4 is 4.74 Å². The highest BCUT2D eigenvalue weighted by Crippen LogP contribution is 2.58. The maximum Gasteiger partial charge on any atom is 0.340 e. The molecule has 10 heteroatoms. The highest BCUT2D eigenvalue weighted by atomic mass is 16.6. The number of hydrogen-bond donors (Lipinski definition) is 6. The molecule has 0 amide bonds. The molecule has 1 spiro atoms. The minimum absolute atomic E-state index is 0.0767. The lowest BCUT2D eigenvalue weighted by Crippen LogP contribution is -2.55. The molecule has 0 bridgehead atoms. The smallest absolute Gasteiger partial charge is 0.340 e. The molecule has 36 heavy (non-hydrogen) atoms. The van der Waals surface area contributed by atoms with Gasteiger partial charge in [0.25, 0.3) is 0 Å². The van der Waals surface area contributed by atoms with E-state index >= 15 is 0 Å². The van der Waals surface area contributed by atoms with E-state index in [1.54, 1.807) is 30.3 Å². The standard InChI is InChI=1S/C26H22O10/c27-10-19-21(30)22(31)23(32)24(35-19)13-2-1-3-16-20(13)25(33)36-26(16)14-6-4-11(28)8-17(14)34-18-9-12(29)5-7-15(18)26/h1-9,19,21-24,27-32H,10H2/t19-,21-,22+,23-,24+/m1/s1. The van der Waals surface area contributed by atoms with Crippen LogP contribution in [0.3, 0.4) is 0 Å². The lowest BCUT2D eigenvalue weighted by atomic mass is 9.76. The molecular formula is C26H22O10. The van der Waals surface area contributed by atoms with Gasteiger partial charge in [-0.1, -0.05) is 18.2 Å². The number of ether oxygens (including phenoxy) is 3.